The Bertz CT molecular complexity index is 577. The van der Waals surface area contributed by atoms with Gasteiger partial charge in [0, 0.05) is 25.7 Å². The van der Waals surface area contributed by atoms with E-state index in [2.05, 4.69) is 9.97 Å². The third-order valence-corrected chi connectivity index (χ3v) is 4.30. The maximum atomic E-state index is 12.3. The molecule has 2 aliphatic rings. The molecule has 0 spiro atoms. The second kappa shape index (κ2) is 6.43. The SMILES string of the molecule is CC(C)(C)OC(=O)N1CCc2c(ncnc2C2CCOCC2)C1. The van der Waals surface area contributed by atoms with Gasteiger partial charge in [-0.05, 0) is 45.6 Å². The molecule has 0 bridgehead atoms. The molecule has 0 aromatic carbocycles. The van der Waals surface area contributed by atoms with E-state index < -0.39 is 5.60 Å². The Hall–Kier alpha value is -1.69. The van der Waals surface area contributed by atoms with E-state index >= 15 is 0 Å². The van der Waals surface area contributed by atoms with Crippen LogP contribution in [0.5, 0.6) is 0 Å². The van der Waals surface area contributed by atoms with Crippen LogP contribution in [0.3, 0.4) is 0 Å². The summed E-state index contributed by atoms with van der Waals surface area (Å²) in [6, 6.07) is 0. The maximum absolute atomic E-state index is 12.3. The molecule has 23 heavy (non-hydrogen) atoms. The molecule has 1 amide bonds. The number of nitrogens with zero attached hydrogens (tertiary/aromatic N) is 3. The number of carbonyl (C=O) groups is 1. The van der Waals surface area contributed by atoms with Crippen LogP contribution in [0.1, 0.15) is 56.5 Å². The summed E-state index contributed by atoms with van der Waals surface area (Å²) in [6.45, 7) is 8.41. The van der Waals surface area contributed by atoms with Crippen LogP contribution in [-0.2, 0) is 22.4 Å². The summed E-state index contributed by atoms with van der Waals surface area (Å²) >= 11 is 0. The molecule has 6 heteroatoms. The van der Waals surface area contributed by atoms with Crippen molar-refractivity contribution in [2.75, 3.05) is 19.8 Å². The van der Waals surface area contributed by atoms with Crippen molar-refractivity contribution in [1.29, 1.82) is 0 Å². The van der Waals surface area contributed by atoms with Gasteiger partial charge < -0.3 is 14.4 Å². The maximum Gasteiger partial charge on any atom is 0.410 e. The van der Waals surface area contributed by atoms with Crippen molar-refractivity contribution >= 4 is 6.09 Å². The molecule has 0 unspecified atom stereocenters. The summed E-state index contributed by atoms with van der Waals surface area (Å²) in [4.78, 5) is 22.9. The molecule has 6 nitrogen and oxygen atoms in total. The highest BCUT2D eigenvalue weighted by atomic mass is 16.6. The van der Waals surface area contributed by atoms with E-state index in [4.69, 9.17) is 9.47 Å². The lowest BCUT2D eigenvalue weighted by Gasteiger charge is -2.32. The summed E-state index contributed by atoms with van der Waals surface area (Å²) in [6.07, 6.45) is 4.18. The molecular weight excluding hydrogens is 294 g/mol. The lowest BCUT2D eigenvalue weighted by atomic mass is 9.90. The molecule has 0 radical (unpaired) electrons. The number of amides is 1. The van der Waals surface area contributed by atoms with Crippen LogP contribution in [0.4, 0.5) is 4.79 Å². The van der Waals surface area contributed by atoms with Crippen molar-refractivity contribution in [1.82, 2.24) is 14.9 Å². The first-order valence-corrected chi connectivity index (χ1v) is 8.32. The average Bonchev–Trinajstić information content (AvgIpc) is 2.53. The first kappa shape index (κ1) is 16.2. The molecule has 1 fully saturated rings. The summed E-state index contributed by atoms with van der Waals surface area (Å²) in [5.41, 5.74) is 2.86. The smallest absolute Gasteiger partial charge is 0.410 e. The van der Waals surface area contributed by atoms with Crippen LogP contribution in [0.15, 0.2) is 6.33 Å². The van der Waals surface area contributed by atoms with Gasteiger partial charge in [-0.3, -0.25) is 0 Å². The Balaban J connectivity index is 1.75. The fourth-order valence-electron chi connectivity index (χ4n) is 3.18. The van der Waals surface area contributed by atoms with E-state index in [1.165, 1.54) is 5.56 Å². The topological polar surface area (TPSA) is 64.5 Å². The Morgan fingerprint density at radius 2 is 2.04 bits per heavy atom. The standard InChI is InChI=1S/C17H25N3O3/c1-17(2,3)23-16(21)20-7-4-13-14(10-20)18-11-19-15(13)12-5-8-22-9-6-12/h11-12H,4-10H2,1-3H3. The lowest BCUT2D eigenvalue weighted by Crippen LogP contribution is -2.40. The van der Waals surface area contributed by atoms with Gasteiger partial charge in [0.25, 0.3) is 0 Å². The summed E-state index contributed by atoms with van der Waals surface area (Å²) in [5.74, 6) is 0.452. The van der Waals surface area contributed by atoms with E-state index in [1.54, 1.807) is 11.2 Å². The minimum absolute atomic E-state index is 0.269. The van der Waals surface area contributed by atoms with Gasteiger partial charge in [-0.25, -0.2) is 14.8 Å². The van der Waals surface area contributed by atoms with E-state index in [0.29, 0.717) is 19.0 Å². The van der Waals surface area contributed by atoms with Gasteiger partial charge >= 0.3 is 6.09 Å². The number of hydrogen-bond donors (Lipinski definition) is 0. The lowest BCUT2D eigenvalue weighted by molar-refractivity contribution is 0.0220. The minimum atomic E-state index is -0.476. The summed E-state index contributed by atoms with van der Waals surface area (Å²) < 4.78 is 10.9. The third-order valence-electron chi connectivity index (χ3n) is 4.30. The van der Waals surface area contributed by atoms with E-state index in [0.717, 1.165) is 43.9 Å². The molecule has 0 N–H and O–H groups in total. The number of carbonyl (C=O) groups excluding carboxylic acids is 1. The Morgan fingerprint density at radius 1 is 1.30 bits per heavy atom. The summed E-state index contributed by atoms with van der Waals surface area (Å²) in [7, 11) is 0. The number of aromatic nitrogens is 2. The minimum Gasteiger partial charge on any atom is -0.444 e. The molecule has 3 rings (SSSR count). The van der Waals surface area contributed by atoms with Crippen LogP contribution in [0.2, 0.25) is 0 Å². The van der Waals surface area contributed by atoms with Crippen molar-refractivity contribution in [3.63, 3.8) is 0 Å². The van der Waals surface area contributed by atoms with Gasteiger partial charge in [0.1, 0.15) is 11.9 Å². The van der Waals surface area contributed by atoms with Crippen LogP contribution in [-0.4, -0.2) is 46.3 Å². The second-order valence-corrected chi connectivity index (χ2v) is 7.22. The molecule has 1 aromatic heterocycles. The molecule has 0 aliphatic carbocycles. The van der Waals surface area contributed by atoms with Gasteiger partial charge in [-0.15, -0.1) is 0 Å². The predicted molar refractivity (Wildman–Crippen MR) is 85.2 cm³/mol. The van der Waals surface area contributed by atoms with Crippen molar-refractivity contribution < 1.29 is 14.3 Å². The fraction of sp³-hybridized carbons (Fsp3) is 0.706. The quantitative estimate of drug-likeness (QED) is 0.796. The molecule has 1 saturated heterocycles. The molecule has 1 aromatic rings. The fourth-order valence-corrected chi connectivity index (χ4v) is 3.18. The molecular formula is C17H25N3O3. The highest BCUT2D eigenvalue weighted by Gasteiger charge is 2.30. The third kappa shape index (κ3) is 3.80. The first-order valence-electron chi connectivity index (χ1n) is 8.32. The predicted octanol–water partition coefficient (Wildman–Crippen LogP) is 2.66. The highest BCUT2D eigenvalue weighted by molar-refractivity contribution is 5.68. The van der Waals surface area contributed by atoms with Gasteiger partial charge in [0.2, 0.25) is 0 Å². The number of rotatable bonds is 1. The molecule has 0 saturated carbocycles. The van der Waals surface area contributed by atoms with Crippen molar-refractivity contribution in [3.8, 4) is 0 Å². The Morgan fingerprint density at radius 3 is 2.74 bits per heavy atom. The number of ether oxygens (including phenoxy) is 2. The zero-order valence-corrected chi connectivity index (χ0v) is 14.2. The van der Waals surface area contributed by atoms with Gasteiger partial charge in [-0.2, -0.15) is 0 Å². The summed E-state index contributed by atoms with van der Waals surface area (Å²) in [5, 5.41) is 0. The van der Waals surface area contributed by atoms with Crippen LogP contribution in [0, 0.1) is 0 Å². The van der Waals surface area contributed by atoms with E-state index in [1.807, 2.05) is 20.8 Å². The average molecular weight is 319 g/mol. The Kier molecular flexibility index (Phi) is 4.53. The molecule has 3 heterocycles. The van der Waals surface area contributed by atoms with Crippen LogP contribution >= 0.6 is 0 Å². The molecule has 2 aliphatic heterocycles. The van der Waals surface area contributed by atoms with Crippen molar-refractivity contribution in [3.05, 3.63) is 23.3 Å². The number of fused-ring (bicyclic) bond motifs is 1. The number of hydrogen-bond acceptors (Lipinski definition) is 5. The largest absolute Gasteiger partial charge is 0.444 e. The monoisotopic (exact) mass is 319 g/mol. The highest BCUT2D eigenvalue weighted by Crippen LogP contribution is 2.31. The van der Waals surface area contributed by atoms with Gasteiger partial charge in [0.15, 0.2) is 0 Å². The Labute approximate surface area is 137 Å². The van der Waals surface area contributed by atoms with Crippen LogP contribution in [0.25, 0.3) is 0 Å². The van der Waals surface area contributed by atoms with Gasteiger partial charge in [0.05, 0.1) is 17.9 Å². The second-order valence-electron chi connectivity index (χ2n) is 7.22. The van der Waals surface area contributed by atoms with Crippen LogP contribution < -0.4 is 0 Å². The zero-order chi connectivity index (χ0) is 16.4. The van der Waals surface area contributed by atoms with Gasteiger partial charge in [-0.1, -0.05) is 0 Å². The normalized spacial score (nSPS) is 19.3. The van der Waals surface area contributed by atoms with E-state index in [9.17, 15) is 4.79 Å². The zero-order valence-electron chi connectivity index (χ0n) is 14.2. The first-order chi connectivity index (χ1) is 10.9. The van der Waals surface area contributed by atoms with E-state index in [-0.39, 0.29) is 6.09 Å². The van der Waals surface area contributed by atoms with Crippen molar-refractivity contribution in [2.24, 2.45) is 0 Å². The molecule has 0 atom stereocenters. The van der Waals surface area contributed by atoms with Crippen molar-refractivity contribution in [2.45, 2.75) is 58.1 Å². The molecule has 126 valence electrons.